The average molecular weight is 265 g/mol. The summed E-state index contributed by atoms with van der Waals surface area (Å²) < 4.78 is 11.5. The van der Waals surface area contributed by atoms with Gasteiger partial charge in [0.05, 0.1) is 19.3 Å². The minimum Gasteiger partial charge on any atom is -0.379 e. The van der Waals surface area contributed by atoms with Crippen LogP contribution in [0.15, 0.2) is 24.3 Å². The fraction of sp³-hybridized carbons (Fsp3) is 0.625. The predicted octanol–water partition coefficient (Wildman–Crippen LogP) is 2.94. The highest BCUT2D eigenvalue weighted by Gasteiger charge is 2.11. The van der Waals surface area contributed by atoms with Gasteiger partial charge in [-0.1, -0.05) is 43.7 Å². The first-order valence-electron chi connectivity index (χ1n) is 7.04. The summed E-state index contributed by atoms with van der Waals surface area (Å²) in [5, 5.41) is 3.18. The number of nitrogens with one attached hydrogen (secondary N) is 1. The number of benzene rings is 1. The van der Waals surface area contributed by atoms with Crippen molar-refractivity contribution < 1.29 is 9.47 Å². The molecular formula is C16H27NO2. The number of likely N-dealkylation sites (N-methyl/N-ethyl adjacent to an activating group) is 1. The van der Waals surface area contributed by atoms with Crippen LogP contribution in [0.25, 0.3) is 0 Å². The van der Waals surface area contributed by atoms with E-state index in [-0.39, 0.29) is 6.10 Å². The van der Waals surface area contributed by atoms with Gasteiger partial charge in [0.15, 0.2) is 0 Å². The van der Waals surface area contributed by atoms with E-state index in [1.54, 1.807) is 0 Å². The molecule has 1 unspecified atom stereocenters. The molecule has 19 heavy (non-hydrogen) atoms. The van der Waals surface area contributed by atoms with Crippen LogP contribution in [0.2, 0.25) is 0 Å². The molecule has 1 aromatic carbocycles. The van der Waals surface area contributed by atoms with Crippen molar-refractivity contribution in [3.05, 3.63) is 35.4 Å². The van der Waals surface area contributed by atoms with Gasteiger partial charge < -0.3 is 14.8 Å². The van der Waals surface area contributed by atoms with Gasteiger partial charge in [-0.2, -0.15) is 0 Å². The van der Waals surface area contributed by atoms with Crippen LogP contribution in [0.4, 0.5) is 0 Å². The van der Waals surface area contributed by atoms with Crippen LogP contribution in [0.3, 0.4) is 0 Å². The van der Waals surface area contributed by atoms with Crippen molar-refractivity contribution in [3.63, 3.8) is 0 Å². The number of ether oxygens (including phenoxy) is 2. The minimum absolute atomic E-state index is 0.0903. The van der Waals surface area contributed by atoms with Gasteiger partial charge in [0.2, 0.25) is 0 Å². The molecule has 3 heteroatoms. The maximum absolute atomic E-state index is 5.92. The lowest BCUT2D eigenvalue weighted by Gasteiger charge is -2.19. The van der Waals surface area contributed by atoms with Crippen molar-refractivity contribution in [2.45, 2.75) is 26.9 Å². The third-order valence-electron chi connectivity index (χ3n) is 2.80. The Balaban J connectivity index is 2.40. The maximum Gasteiger partial charge on any atom is 0.0950 e. The third kappa shape index (κ3) is 6.71. The van der Waals surface area contributed by atoms with Crippen molar-refractivity contribution in [2.24, 2.45) is 5.92 Å². The second-order valence-electron chi connectivity index (χ2n) is 5.30. The Kier molecular flexibility index (Phi) is 7.72. The Bertz CT molecular complexity index is 352. The van der Waals surface area contributed by atoms with Gasteiger partial charge in [0.1, 0.15) is 0 Å². The van der Waals surface area contributed by atoms with E-state index in [0.29, 0.717) is 19.1 Å². The fourth-order valence-electron chi connectivity index (χ4n) is 1.90. The van der Waals surface area contributed by atoms with Crippen LogP contribution in [0.1, 0.15) is 31.1 Å². The summed E-state index contributed by atoms with van der Waals surface area (Å²) in [7, 11) is 1.95. The molecule has 0 bridgehead atoms. The quantitative estimate of drug-likeness (QED) is 0.696. The largest absolute Gasteiger partial charge is 0.379 e. The molecule has 108 valence electrons. The Morgan fingerprint density at radius 3 is 2.63 bits per heavy atom. The molecule has 1 atom stereocenters. The van der Waals surface area contributed by atoms with E-state index in [1.807, 2.05) is 7.05 Å². The van der Waals surface area contributed by atoms with Gasteiger partial charge in [0.25, 0.3) is 0 Å². The van der Waals surface area contributed by atoms with Crippen LogP contribution < -0.4 is 5.32 Å². The molecule has 0 saturated carbocycles. The molecule has 0 fully saturated rings. The molecule has 3 nitrogen and oxygen atoms in total. The van der Waals surface area contributed by atoms with Gasteiger partial charge in [-0.15, -0.1) is 0 Å². The topological polar surface area (TPSA) is 30.5 Å². The van der Waals surface area contributed by atoms with Crippen molar-refractivity contribution in [2.75, 3.05) is 33.4 Å². The summed E-state index contributed by atoms with van der Waals surface area (Å²) in [5.74, 6) is 0.574. The summed E-state index contributed by atoms with van der Waals surface area (Å²) in [6.07, 6.45) is 0.0903. The Morgan fingerprint density at radius 1 is 1.21 bits per heavy atom. The van der Waals surface area contributed by atoms with E-state index in [4.69, 9.17) is 9.47 Å². The third-order valence-corrected chi connectivity index (χ3v) is 2.80. The van der Waals surface area contributed by atoms with Crippen molar-refractivity contribution in [1.82, 2.24) is 5.32 Å². The molecule has 0 aliphatic heterocycles. The summed E-state index contributed by atoms with van der Waals surface area (Å²) in [6, 6.07) is 8.47. The standard InChI is InChI=1S/C16H27NO2/c1-13(2)12-18-8-9-19-16(11-17-4)15-7-5-6-14(3)10-15/h5-7,10,13,16-17H,8-9,11-12H2,1-4H3. The lowest BCUT2D eigenvalue weighted by molar-refractivity contribution is -0.000678. The Hall–Kier alpha value is -0.900. The van der Waals surface area contributed by atoms with Crippen molar-refractivity contribution in [3.8, 4) is 0 Å². The fourth-order valence-corrected chi connectivity index (χ4v) is 1.90. The van der Waals surface area contributed by atoms with Crippen molar-refractivity contribution in [1.29, 1.82) is 0 Å². The zero-order valence-electron chi connectivity index (χ0n) is 12.6. The minimum atomic E-state index is 0.0903. The predicted molar refractivity (Wildman–Crippen MR) is 79.5 cm³/mol. The second-order valence-corrected chi connectivity index (χ2v) is 5.30. The number of hydrogen-bond acceptors (Lipinski definition) is 3. The van der Waals surface area contributed by atoms with Gasteiger partial charge in [-0.05, 0) is 25.5 Å². The zero-order chi connectivity index (χ0) is 14.1. The molecule has 1 rings (SSSR count). The number of rotatable bonds is 9. The molecule has 0 spiro atoms. The first kappa shape index (κ1) is 16.2. The smallest absolute Gasteiger partial charge is 0.0950 e. The van der Waals surface area contributed by atoms with Gasteiger partial charge in [0, 0.05) is 13.2 Å². The average Bonchev–Trinajstić information content (AvgIpc) is 2.36. The van der Waals surface area contributed by atoms with Crippen LogP contribution in [-0.4, -0.2) is 33.4 Å². The molecule has 1 aromatic rings. The molecule has 0 amide bonds. The Morgan fingerprint density at radius 2 is 2.00 bits per heavy atom. The molecule has 0 radical (unpaired) electrons. The molecule has 0 aliphatic carbocycles. The molecule has 0 heterocycles. The van der Waals surface area contributed by atoms with E-state index < -0.39 is 0 Å². The second kappa shape index (κ2) is 9.08. The first-order valence-corrected chi connectivity index (χ1v) is 7.04. The highest BCUT2D eigenvalue weighted by molar-refractivity contribution is 5.24. The lowest BCUT2D eigenvalue weighted by atomic mass is 10.1. The number of aryl methyl sites for hydroxylation is 1. The normalized spacial score (nSPS) is 12.9. The van der Waals surface area contributed by atoms with E-state index in [0.717, 1.165) is 13.2 Å². The van der Waals surface area contributed by atoms with E-state index in [1.165, 1.54) is 11.1 Å². The number of hydrogen-bond donors (Lipinski definition) is 1. The van der Waals surface area contributed by atoms with E-state index in [9.17, 15) is 0 Å². The van der Waals surface area contributed by atoms with E-state index in [2.05, 4.69) is 50.4 Å². The van der Waals surface area contributed by atoms with Crippen molar-refractivity contribution >= 4 is 0 Å². The van der Waals surface area contributed by atoms with Gasteiger partial charge >= 0.3 is 0 Å². The lowest BCUT2D eigenvalue weighted by Crippen LogP contribution is -2.21. The zero-order valence-corrected chi connectivity index (χ0v) is 12.6. The molecule has 1 N–H and O–H groups in total. The molecule has 0 saturated heterocycles. The molecule has 0 aliphatic rings. The highest BCUT2D eigenvalue weighted by Crippen LogP contribution is 2.17. The van der Waals surface area contributed by atoms with Crippen LogP contribution in [-0.2, 0) is 9.47 Å². The SMILES string of the molecule is CNCC(OCCOCC(C)C)c1cccc(C)c1. The molecule has 0 aromatic heterocycles. The monoisotopic (exact) mass is 265 g/mol. The highest BCUT2D eigenvalue weighted by atomic mass is 16.5. The first-order chi connectivity index (χ1) is 9.13. The van der Waals surface area contributed by atoms with Crippen LogP contribution >= 0.6 is 0 Å². The van der Waals surface area contributed by atoms with Crippen LogP contribution in [0, 0.1) is 12.8 Å². The van der Waals surface area contributed by atoms with Gasteiger partial charge in [-0.3, -0.25) is 0 Å². The van der Waals surface area contributed by atoms with Gasteiger partial charge in [-0.25, -0.2) is 0 Å². The summed E-state index contributed by atoms with van der Waals surface area (Å²) in [4.78, 5) is 0. The van der Waals surface area contributed by atoms with E-state index >= 15 is 0 Å². The summed E-state index contributed by atoms with van der Waals surface area (Å²) in [5.41, 5.74) is 2.48. The summed E-state index contributed by atoms with van der Waals surface area (Å²) in [6.45, 7) is 9.30. The maximum atomic E-state index is 5.92. The Labute approximate surface area is 117 Å². The molecular weight excluding hydrogens is 238 g/mol. The summed E-state index contributed by atoms with van der Waals surface area (Å²) >= 11 is 0. The van der Waals surface area contributed by atoms with Crippen LogP contribution in [0.5, 0.6) is 0 Å².